The highest BCUT2D eigenvalue weighted by atomic mass is 16.6. The van der Waals surface area contributed by atoms with Crippen molar-refractivity contribution in [2.45, 2.75) is 33.8 Å². The smallest absolute Gasteiger partial charge is 0.397 e. The molecular formula is C11H18N2O4. The number of ether oxygens (including phenoxy) is 2. The van der Waals surface area contributed by atoms with Crippen molar-refractivity contribution in [2.24, 2.45) is 5.41 Å². The van der Waals surface area contributed by atoms with Crippen molar-refractivity contribution in [3.8, 4) is 0 Å². The van der Waals surface area contributed by atoms with E-state index in [9.17, 15) is 4.79 Å². The highest BCUT2D eigenvalue weighted by Gasteiger charge is 2.31. The largest absolute Gasteiger partial charge is 0.459 e. The molecule has 1 heterocycles. The second-order valence-electron chi connectivity index (χ2n) is 4.66. The molecule has 0 aliphatic rings. The van der Waals surface area contributed by atoms with E-state index in [1.54, 1.807) is 14.0 Å². The van der Waals surface area contributed by atoms with Crippen molar-refractivity contribution < 1.29 is 18.8 Å². The molecule has 1 aromatic rings. The van der Waals surface area contributed by atoms with Gasteiger partial charge in [-0.3, -0.25) is 0 Å². The average Bonchev–Trinajstić information content (AvgIpc) is 2.66. The first-order valence-corrected chi connectivity index (χ1v) is 5.43. The van der Waals surface area contributed by atoms with Crippen LogP contribution in [0.25, 0.3) is 0 Å². The molecule has 1 rings (SSSR count). The number of carbonyl (C=O) groups is 1. The molecule has 96 valence electrons. The predicted molar refractivity (Wildman–Crippen MR) is 59.5 cm³/mol. The van der Waals surface area contributed by atoms with Crippen LogP contribution in [-0.4, -0.2) is 29.8 Å². The van der Waals surface area contributed by atoms with Crippen LogP contribution in [0.3, 0.4) is 0 Å². The molecule has 0 fully saturated rings. The summed E-state index contributed by atoms with van der Waals surface area (Å²) in [6, 6.07) is 0. The molecule has 6 nitrogen and oxygen atoms in total. The lowest BCUT2D eigenvalue weighted by molar-refractivity contribution is 0.00718. The standard InChI is InChI=1S/C11H18N2O4/c1-6-16-10(14)9-12-8(13-17-9)7(15-5)11(2,3)4/h7H,6H2,1-5H3. The van der Waals surface area contributed by atoms with Crippen molar-refractivity contribution in [1.29, 1.82) is 0 Å². The summed E-state index contributed by atoms with van der Waals surface area (Å²) in [6.07, 6.45) is -0.338. The van der Waals surface area contributed by atoms with Gasteiger partial charge in [0.05, 0.1) is 6.61 Å². The lowest BCUT2D eigenvalue weighted by atomic mass is 9.88. The fraction of sp³-hybridized carbons (Fsp3) is 0.727. The Hall–Kier alpha value is -1.43. The Balaban J connectivity index is 2.90. The van der Waals surface area contributed by atoms with Gasteiger partial charge in [0.25, 0.3) is 0 Å². The average molecular weight is 242 g/mol. The van der Waals surface area contributed by atoms with E-state index in [1.807, 2.05) is 20.8 Å². The maximum atomic E-state index is 11.4. The zero-order valence-electron chi connectivity index (χ0n) is 10.8. The molecule has 1 unspecified atom stereocenters. The van der Waals surface area contributed by atoms with E-state index in [2.05, 4.69) is 10.1 Å². The summed E-state index contributed by atoms with van der Waals surface area (Å²) in [5.41, 5.74) is -0.190. The summed E-state index contributed by atoms with van der Waals surface area (Å²) < 4.78 is 14.9. The number of carbonyl (C=O) groups excluding carboxylic acids is 1. The summed E-state index contributed by atoms with van der Waals surface area (Å²) in [7, 11) is 1.57. The van der Waals surface area contributed by atoms with Gasteiger partial charge in [-0.1, -0.05) is 25.9 Å². The maximum Gasteiger partial charge on any atom is 0.397 e. The molecule has 0 bridgehead atoms. The maximum absolute atomic E-state index is 11.4. The topological polar surface area (TPSA) is 74.5 Å². The molecule has 6 heteroatoms. The number of aromatic nitrogens is 2. The van der Waals surface area contributed by atoms with E-state index in [-0.39, 0.29) is 24.0 Å². The second kappa shape index (κ2) is 5.27. The molecule has 1 aromatic heterocycles. The molecule has 0 aliphatic carbocycles. The van der Waals surface area contributed by atoms with E-state index < -0.39 is 5.97 Å². The first-order chi connectivity index (χ1) is 7.90. The first-order valence-electron chi connectivity index (χ1n) is 5.43. The van der Waals surface area contributed by atoms with Crippen LogP contribution in [0.15, 0.2) is 4.52 Å². The van der Waals surface area contributed by atoms with E-state index in [0.717, 1.165) is 0 Å². The van der Waals surface area contributed by atoms with Gasteiger partial charge in [0.2, 0.25) is 5.82 Å². The normalized spacial score (nSPS) is 13.5. The van der Waals surface area contributed by atoms with Crippen LogP contribution in [-0.2, 0) is 9.47 Å². The van der Waals surface area contributed by atoms with Gasteiger partial charge >= 0.3 is 11.9 Å². The Bertz CT molecular complexity index is 381. The van der Waals surface area contributed by atoms with Crippen LogP contribution in [0.5, 0.6) is 0 Å². The fourth-order valence-corrected chi connectivity index (χ4v) is 1.46. The third-order valence-corrected chi connectivity index (χ3v) is 2.15. The molecule has 0 saturated carbocycles. The SMILES string of the molecule is CCOC(=O)c1nc(C(OC)C(C)(C)C)no1. The van der Waals surface area contributed by atoms with Crippen LogP contribution in [0.1, 0.15) is 50.3 Å². The van der Waals surface area contributed by atoms with Crippen LogP contribution in [0.2, 0.25) is 0 Å². The second-order valence-corrected chi connectivity index (χ2v) is 4.66. The number of nitrogens with zero attached hydrogens (tertiary/aromatic N) is 2. The molecule has 0 saturated heterocycles. The minimum Gasteiger partial charge on any atom is -0.459 e. The predicted octanol–water partition coefficient (Wildman–Crippen LogP) is 1.98. The van der Waals surface area contributed by atoms with Crippen LogP contribution < -0.4 is 0 Å². The van der Waals surface area contributed by atoms with Gasteiger partial charge in [0.1, 0.15) is 6.10 Å². The van der Waals surface area contributed by atoms with Gasteiger partial charge < -0.3 is 14.0 Å². The molecule has 1 atom stereocenters. The number of methoxy groups -OCH3 is 1. The molecule has 0 radical (unpaired) electrons. The molecule has 0 N–H and O–H groups in total. The van der Waals surface area contributed by atoms with Gasteiger partial charge in [-0.15, -0.1) is 0 Å². The van der Waals surface area contributed by atoms with E-state index in [4.69, 9.17) is 14.0 Å². The molecule has 0 aromatic carbocycles. The van der Waals surface area contributed by atoms with Crippen molar-refractivity contribution >= 4 is 5.97 Å². The van der Waals surface area contributed by atoms with Gasteiger partial charge in [-0.05, 0) is 12.3 Å². The summed E-state index contributed by atoms with van der Waals surface area (Å²) in [6.45, 7) is 7.94. The third kappa shape index (κ3) is 3.26. The Labute approximate surface area is 100 Å². The Morgan fingerprint density at radius 3 is 2.59 bits per heavy atom. The Morgan fingerprint density at radius 1 is 1.47 bits per heavy atom. The van der Waals surface area contributed by atoms with Gasteiger partial charge in [-0.25, -0.2) is 4.79 Å². The van der Waals surface area contributed by atoms with Crippen molar-refractivity contribution in [3.63, 3.8) is 0 Å². The number of hydrogen-bond acceptors (Lipinski definition) is 6. The van der Waals surface area contributed by atoms with Gasteiger partial charge in [-0.2, -0.15) is 4.98 Å². The van der Waals surface area contributed by atoms with Gasteiger partial charge in [0.15, 0.2) is 0 Å². The first kappa shape index (κ1) is 13.6. The highest BCUT2D eigenvalue weighted by Crippen LogP contribution is 2.33. The zero-order chi connectivity index (χ0) is 13.1. The third-order valence-electron chi connectivity index (χ3n) is 2.15. The molecule has 0 aliphatic heterocycles. The molecule has 17 heavy (non-hydrogen) atoms. The lowest BCUT2D eigenvalue weighted by Crippen LogP contribution is -2.21. The number of hydrogen-bond donors (Lipinski definition) is 0. The van der Waals surface area contributed by atoms with E-state index in [1.165, 1.54) is 0 Å². The minimum absolute atomic E-state index is 0.145. The van der Waals surface area contributed by atoms with Crippen molar-refractivity contribution in [1.82, 2.24) is 10.1 Å². The monoisotopic (exact) mass is 242 g/mol. The van der Waals surface area contributed by atoms with Crippen molar-refractivity contribution in [3.05, 3.63) is 11.7 Å². The van der Waals surface area contributed by atoms with E-state index in [0.29, 0.717) is 5.82 Å². The van der Waals surface area contributed by atoms with Crippen molar-refractivity contribution in [2.75, 3.05) is 13.7 Å². The Kier molecular flexibility index (Phi) is 4.22. The number of esters is 1. The summed E-state index contributed by atoms with van der Waals surface area (Å²) in [5.74, 6) is -0.411. The van der Waals surface area contributed by atoms with Crippen LogP contribution >= 0.6 is 0 Å². The van der Waals surface area contributed by atoms with E-state index >= 15 is 0 Å². The zero-order valence-corrected chi connectivity index (χ0v) is 10.8. The van der Waals surface area contributed by atoms with Crippen LogP contribution in [0.4, 0.5) is 0 Å². The molecular weight excluding hydrogens is 224 g/mol. The summed E-state index contributed by atoms with van der Waals surface area (Å²) >= 11 is 0. The quantitative estimate of drug-likeness (QED) is 0.751. The fourth-order valence-electron chi connectivity index (χ4n) is 1.46. The Morgan fingerprint density at radius 2 is 2.12 bits per heavy atom. The number of rotatable bonds is 4. The summed E-state index contributed by atoms with van der Waals surface area (Å²) in [5, 5.41) is 3.75. The summed E-state index contributed by atoms with van der Waals surface area (Å²) in [4.78, 5) is 15.3. The lowest BCUT2D eigenvalue weighted by Gasteiger charge is -2.26. The molecule has 0 spiro atoms. The highest BCUT2D eigenvalue weighted by molar-refractivity contribution is 5.83. The van der Waals surface area contributed by atoms with Gasteiger partial charge in [0, 0.05) is 7.11 Å². The minimum atomic E-state index is -0.616. The molecule has 0 amide bonds. The van der Waals surface area contributed by atoms with Crippen LogP contribution in [0, 0.1) is 5.41 Å².